The molecular formula is C10H21IN4O2. The second kappa shape index (κ2) is 9.46. The minimum absolute atomic E-state index is 0. The third-order valence-electron chi connectivity index (χ3n) is 2.29. The van der Waals surface area contributed by atoms with E-state index in [-0.39, 0.29) is 36.0 Å². The average Bonchev–Trinajstić information content (AvgIpc) is 2.74. The van der Waals surface area contributed by atoms with Gasteiger partial charge in [-0.15, -0.1) is 24.0 Å². The third-order valence-corrected chi connectivity index (χ3v) is 2.29. The van der Waals surface area contributed by atoms with Gasteiger partial charge in [0.25, 0.3) is 0 Å². The number of carbonyl (C=O) groups excluding carboxylic acids is 1. The molecule has 0 bridgehead atoms. The number of aliphatic imine (C=N–C) groups is 1. The topological polar surface area (TPSA) is 88.7 Å². The first-order valence-electron chi connectivity index (χ1n) is 5.58. The standard InChI is InChI=1S/C10H20N4O2.HI/c1-8(15)12-4-5-13-10(11)14-7-9-3-2-6-16-9;/h9H,2-7H2,1H3,(H,12,15)(H3,11,13,14);1H. The Morgan fingerprint density at radius 3 is 2.76 bits per heavy atom. The van der Waals surface area contributed by atoms with Crippen LogP contribution in [0.3, 0.4) is 0 Å². The van der Waals surface area contributed by atoms with E-state index < -0.39 is 0 Å². The Bertz CT molecular complexity index is 255. The fourth-order valence-electron chi connectivity index (χ4n) is 1.47. The molecule has 0 aromatic rings. The van der Waals surface area contributed by atoms with Crippen LogP contribution in [0.5, 0.6) is 0 Å². The molecule has 0 aliphatic carbocycles. The lowest BCUT2D eigenvalue weighted by Gasteiger charge is -2.08. The maximum atomic E-state index is 10.6. The fraction of sp³-hybridized carbons (Fsp3) is 0.800. The Labute approximate surface area is 119 Å². The highest BCUT2D eigenvalue weighted by atomic mass is 127. The Kier molecular flexibility index (Phi) is 9.14. The number of ether oxygens (including phenoxy) is 1. The number of amides is 1. The van der Waals surface area contributed by atoms with E-state index in [4.69, 9.17) is 10.5 Å². The van der Waals surface area contributed by atoms with Crippen molar-refractivity contribution in [3.63, 3.8) is 0 Å². The van der Waals surface area contributed by atoms with Crippen molar-refractivity contribution in [2.45, 2.75) is 25.9 Å². The zero-order chi connectivity index (χ0) is 11.8. The molecule has 1 rings (SSSR count). The number of hydrogen-bond donors (Lipinski definition) is 3. The number of nitrogens with two attached hydrogens (primary N) is 1. The molecule has 1 aliphatic rings. The molecule has 4 N–H and O–H groups in total. The van der Waals surface area contributed by atoms with Crippen LogP contribution in [0.2, 0.25) is 0 Å². The van der Waals surface area contributed by atoms with Gasteiger partial charge in [-0.2, -0.15) is 0 Å². The molecule has 7 heteroatoms. The predicted octanol–water partition coefficient (Wildman–Crippen LogP) is -0.176. The lowest BCUT2D eigenvalue weighted by molar-refractivity contribution is -0.118. The van der Waals surface area contributed by atoms with Gasteiger partial charge in [0.15, 0.2) is 5.96 Å². The van der Waals surface area contributed by atoms with Crippen molar-refractivity contribution in [2.24, 2.45) is 10.7 Å². The average molecular weight is 356 g/mol. The highest BCUT2D eigenvalue weighted by Crippen LogP contribution is 2.11. The molecule has 100 valence electrons. The molecule has 0 aromatic heterocycles. The zero-order valence-corrected chi connectivity index (χ0v) is 12.4. The molecule has 1 amide bonds. The predicted molar refractivity (Wildman–Crippen MR) is 77.6 cm³/mol. The first-order valence-corrected chi connectivity index (χ1v) is 5.58. The Morgan fingerprint density at radius 2 is 2.18 bits per heavy atom. The molecular weight excluding hydrogens is 335 g/mol. The summed E-state index contributed by atoms with van der Waals surface area (Å²) in [7, 11) is 0. The van der Waals surface area contributed by atoms with E-state index in [9.17, 15) is 4.79 Å². The summed E-state index contributed by atoms with van der Waals surface area (Å²) in [4.78, 5) is 14.7. The summed E-state index contributed by atoms with van der Waals surface area (Å²) in [6.45, 7) is 4.05. The van der Waals surface area contributed by atoms with Crippen LogP contribution in [-0.4, -0.2) is 44.2 Å². The van der Waals surface area contributed by atoms with Crippen molar-refractivity contribution in [3.8, 4) is 0 Å². The normalized spacial score (nSPS) is 19.6. The molecule has 1 fully saturated rings. The SMILES string of the molecule is CC(=O)NCCNC(N)=NCC1CCCO1.I. The highest BCUT2D eigenvalue weighted by molar-refractivity contribution is 14.0. The molecule has 0 aromatic carbocycles. The number of guanidine groups is 1. The summed E-state index contributed by atoms with van der Waals surface area (Å²) < 4.78 is 5.41. The third kappa shape index (κ3) is 8.19. The van der Waals surface area contributed by atoms with Gasteiger partial charge in [0.2, 0.25) is 5.91 Å². The monoisotopic (exact) mass is 356 g/mol. The van der Waals surface area contributed by atoms with Crippen molar-refractivity contribution in [3.05, 3.63) is 0 Å². The second-order valence-electron chi connectivity index (χ2n) is 3.77. The lowest BCUT2D eigenvalue weighted by atomic mass is 10.2. The van der Waals surface area contributed by atoms with E-state index in [0.29, 0.717) is 25.6 Å². The summed E-state index contributed by atoms with van der Waals surface area (Å²) in [5, 5.41) is 5.58. The minimum Gasteiger partial charge on any atom is -0.376 e. The Balaban J connectivity index is 0.00000256. The summed E-state index contributed by atoms with van der Waals surface area (Å²) in [6, 6.07) is 0. The van der Waals surface area contributed by atoms with Gasteiger partial charge >= 0.3 is 0 Å². The molecule has 1 heterocycles. The summed E-state index contributed by atoms with van der Waals surface area (Å²) in [6.07, 6.45) is 2.38. The smallest absolute Gasteiger partial charge is 0.216 e. The summed E-state index contributed by atoms with van der Waals surface area (Å²) >= 11 is 0. The van der Waals surface area contributed by atoms with Crippen LogP contribution in [0.15, 0.2) is 4.99 Å². The fourth-order valence-corrected chi connectivity index (χ4v) is 1.47. The van der Waals surface area contributed by atoms with E-state index in [0.717, 1.165) is 19.4 Å². The van der Waals surface area contributed by atoms with Gasteiger partial charge in [-0.25, -0.2) is 0 Å². The van der Waals surface area contributed by atoms with Crippen molar-refractivity contribution < 1.29 is 9.53 Å². The van der Waals surface area contributed by atoms with Crippen LogP contribution >= 0.6 is 24.0 Å². The van der Waals surface area contributed by atoms with Gasteiger partial charge in [-0.05, 0) is 12.8 Å². The zero-order valence-electron chi connectivity index (χ0n) is 10.1. The molecule has 1 saturated heterocycles. The maximum Gasteiger partial charge on any atom is 0.216 e. The van der Waals surface area contributed by atoms with Crippen LogP contribution in [0, 0.1) is 0 Å². The molecule has 1 atom stereocenters. The van der Waals surface area contributed by atoms with E-state index in [1.807, 2.05) is 0 Å². The van der Waals surface area contributed by atoms with Crippen molar-refractivity contribution in [1.29, 1.82) is 0 Å². The molecule has 0 spiro atoms. The van der Waals surface area contributed by atoms with Crippen LogP contribution in [0.25, 0.3) is 0 Å². The van der Waals surface area contributed by atoms with Crippen LogP contribution in [0.1, 0.15) is 19.8 Å². The summed E-state index contributed by atoms with van der Waals surface area (Å²) in [5.74, 6) is 0.359. The van der Waals surface area contributed by atoms with Crippen molar-refractivity contribution >= 4 is 35.8 Å². The molecule has 0 radical (unpaired) electrons. The quantitative estimate of drug-likeness (QED) is 0.276. The van der Waals surface area contributed by atoms with Crippen molar-refractivity contribution in [2.75, 3.05) is 26.2 Å². The summed E-state index contributed by atoms with van der Waals surface area (Å²) in [5.41, 5.74) is 5.64. The molecule has 0 saturated carbocycles. The Hall–Kier alpha value is -0.570. The van der Waals surface area contributed by atoms with E-state index >= 15 is 0 Å². The Morgan fingerprint density at radius 1 is 1.47 bits per heavy atom. The number of nitrogens with zero attached hydrogens (tertiary/aromatic N) is 1. The highest BCUT2D eigenvalue weighted by Gasteiger charge is 2.14. The van der Waals surface area contributed by atoms with Gasteiger partial charge in [0.05, 0.1) is 12.6 Å². The van der Waals surface area contributed by atoms with E-state index in [1.54, 1.807) is 0 Å². The first-order chi connectivity index (χ1) is 7.68. The number of hydrogen-bond acceptors (Lipinski definition) is 3. The van der Waals surface area contributed by atoms with Crippen LogP contribution in [-0.2, 0) is 9.53 Å². The minimum atomic E-state index is -0.0448. The molecule has 1 unspecified atom stereocenters. The van der Waals surface area contributed by atoms with Crippen molar-refractivity contribution in [1.82, 2.24) is 10.6 Å². The number of carbonyl (C=O) groups is 1. The van der Waals surface area contributed by atoms with Crippen LogP contribution < -0.4 is 16.4 Å². The van der Waals surface area contributed by atoms with Gasteiger partial charge in [-0.1, -0.05) is 0 Å². The number of nitrogens with one attached hydrogen (secondary N) is 2. The molecule has 17 heavy (non-hydrogen) atoms. The molecule has 6 nitrogen and oxygen atoms in total. The first kappa shape index (κ1) is 16.4. The van der Waals surface area contributed by atoms with Gasteiger partial charge in [-0.3, -0.25) is 9.79 Å². The maximum absolute atomic E-state index is 10.6. The largest absolute Gasteiger partial charge is 0.376 e. The molecule has 1 aliphatic heterocycles. The second-order valence-corrected chi connectivity index (χ2v) is 3.77. The van der Waals surface area contributed by atoms with E-state index in [2.05, 4.69) is 15.6 Å². The number of halogens is 1. The van der Waals surface area contributed by atoms with Gasteiger partial charge in [0.1, 0.15) is 0 Å². The van der Waals surface area contributed by atoms with Gasteiger partial charge < -0.3 is 21.1 Å². The number of rotatable bonds is 5. The van der Waals surface area contributed by atoms with Crippen LogP contribution in [0.4, 0.5) is 0 Å². The van der Waals surface area contributed by atoms with Gasteiger partial charge in [0, 0.05) is 26.6 Å². The van der Waals surface area contributed by atoms with E-state index in [1.165, 1.54) is 6.92 Å². The lowest BCUT2D eigenvalue weighted by Crippen LogP contribution is -2.38.